The molecular formula is C12H11N3OS2. The highest BCUT2D eigenvalue weighted by atomic mass is 32.1. The predicted molar refractivity (Wildman–Crippen MR) is 74.9 cm³/mol. The van der Waals surface area contributed by atoms with E-state index < -0.39 is 0 Å². The summed E-state index contributed by atoms with van der Waals surface area (Å²) in [4.78, 5) is 7.48. The van der Waals surface area contributed by atoms with Crippen LogP contribution in [-0.4, -0.2) is 21.6 Å². The lowest BCUT2D eigenvalue weighted by molar-refractivity contribution is 0.419. The zero-order chi connectivity index (χ0) is 12.5. The Morgan fingerprint density at radius 2 is 2.39 bits per heavy atom. The molecule has 0 spiro atoms. The Morgan fingerprint density at radius 3 is 3.11 bits per heavy atom. The summed E-state index contributed by atoms with van der Waals surface area (Å²) < 4.78 is 8.04. The molecule has 3 aromatic rings. The molecule has 2 aromatic heterocycles. The van der Waals surface area contributed by atoms with Crippen LogP contribution in [0, 0.1) is 4.77 Å². The van der Waals surface area contributed by atoms with E-state index in [0.29, 0.717) is 11.3 Å². The quantitative estimate of drug-likeness (QED) is 0.748. The molecule has 18 heavy (non-hydrogen) atoms. The van der Waals surface area contributed by atoms with E-state index in [1.165, 1.54) is 0 Å². The maximum absolute atomic E-state index is 5.36. The average Bonchev–Trinajstić information content (AvgIpc) is 2.99. The highest BCUT2D eigenvalue weighted by Gasteiger charge is 2.09. The molecule has 0 aliphatic carbocycles. The van der Waals surface area contributed by atoms with E-state index in [4.69, 9.17) is 17.0 Å². The number of fused-ring (bicyclic) bond motifs is 1. The van der Waals surface area contributed by atoms with E-state index in [9.17, 15) is 0 Å². The number of methoxy groups -OCH3 is 1. The molecule has 4 nitrogen and oxygen atoms in total. The molecule has 0 aliphatic rings. The number of para-hydroxylation sites is 1. The second-order valence-corrected chi connectivity index (χ2v) is 4.96. The Bertz CT molecular complexity index is 727. The molecule has 0 saturated heterocycles. The molecule has 1 N–H and O–H groups in total. The number of H-pyrrole nitrogens is 1. The molecule has 0 atom stereocenters. The molecule has 0 radical (unpaired) electrons. The largest absolute Gasteiger partial charge is 0.494 e. The van der Waals surface area contributed by atoms with Gasteiger partial charge in [-0.3, -0.25) is 0 Å². The normalized spacial score (nSPS) is 10.9. The topological polar surface area (TPSA) is 42.8 Å². The van der Waals surface area contributed by atoms with Gasteiger partial charge in [-0.1, -0.05) is 6.07 Å². The van der Waals surface area contributed by atoms with Crippen LogP contribution < -0.4 is 4.74 Å². The summed E-state index contributed by atoms with van der Waals surface area (Å²) in [6, 6.07) is 5.90. The minimum Gasteiger partial charge on any atom is -0.494 e. The molecule has 0 amide bonds. The van der Waals surface area contributed by atoms with E-state index in [-0.39, 0.29) is 0 Å². The van der Waals surface area contributed by atoms with Gasteiger partial charge in [0.2, 0.25) is 0 Å². The molecule has 6 heteroatoms. The predicted octanol–water partition coefficient (Wildman–Crippen LogP) is 3.21. The first-order chi connectivity index (χ1) is 8.79. The number of benzene rings is 1. The number of aromatic amines is 1. The van der Waals surface area contributed by atoms with E-state index in [1.54, 1.807) is 18.4 Å². The fraction of sp³-hybridized carbons (Fsp3) is 0.167. The van der Waals surface area contributed by atoms with Gasteiger partial charge in [-0.15, -0.1) is 11.3 Å². The van der Waals surface area contributed by atoms with Crippen LogP contribution in [0.3, 0.4) is 0 Å². The summed E-state index contributed by atoms with van der Waals surface area (Å²) in [5, 5.41) is 2.03. The summed E-state index contributed by atoms with van der Waals surface area (Å²) in [7, 11) is 1.66. The number of thiazole rings is 1. The zero-order valence-electron chi connectivity index (χ0n) is 9.71. The van der Waals surface area contributed by atoms with Crippen molar-refractivity contribution in [2.24, 2.45) is 0 Å². The van der Waals surface area contributed by atoms with Crippen LogP contribution in [0.2, 0.25) is 0 Å². The number of hydrogen-bond donors (Lipinski definition) is 1. The highest BCUT2D eigenvalue weighted by Crippen LogP contribution is 2.25. The molecule has 0 aliphatic heterocycles. The summed E-state index contributed by atoms with van der Waals surface area (Å²) in [5.74, 6) is 0.802. The second kappa shape index (κ2) is 4.55. The van der Waals surface area contributed by atoms with Gasteiger partial charge >= 0.3 is 0 Å². The van der Waals surface area contributed by atoms with Crippen molar-refractivity contribution < 1.29 is 4.74 Å². The lowest BCUT2D eigenvalue weighted by Gasteiger charge is -2.03. The Hall–Kier alpha value is -1.66. The third-order valence-corrected chi connectivity index (χ3v) is 3.75. The molecular weight excluding hydrogens is 266 g/mol. The maximum Gasteiger partial charge on any atom is 0.178 e. The minimum absolute atomic E-state index is 0.676. The number of rotatable bonds is 3. The standard InChI is InChI=1S/C12H11N3OS2/c1-16-10-4-2-3-9-11(10)14-12(17)15(9)5-8-6-18-7-13-8/h2-4,6-7H,5H2,1H3,(H,14,17). The summed E-state index contributed by atoms with van der Waals surface area (Å²) >= 11 is 6.95. The SMILES string of the molecule is COc1cccc2c1[nH]c(=S)n2Cc1cscn1. The molecule has 0 saturated carbocycles. The third-order valence-electron chi connectivity index (χ3n) is 2.80. The van der Waals surface area contributed by atoms with Crippen LogP contribution in [0.15, 0.2) is 29.1 Å². The second-order valence-electron chi connectivity index (χ2n) is 3.85. The van der Waals surface area contributed by atoms with Crippen molar-refractivity contribution in [3.63, 3.8) is 0 Å². The fourth-order valence-electron chi connectivity index (χ4n) is 1.96. The molecule has 2 heterocycles. The van der Waals surface area contributed by atoms with Crippen LogP contribution in [0.1, 0.15) is 5.69 Å². The summed E-state index contributed by atoms with van der Waals surface area (Å²) in [5.41, 5.74) is 4.81. The molecule has 3 rings (SSSR count). The Kier molecular flexibility index (Phi) is 2.89. The Labute approximate surface area is 113 Å². The number of hydrogen-bond acceptors (Lipinski definition) is 4. The monoisotopic (exact) mass is 277 g/mol. The van der Waals surface area contributed by atoms with Gasteiger partial charge < -0.3 is 14.3 Å². The summed E-state index contributed by atoms with van der Waals surface area (Å²) in [6.07, 6.45) is 0. The van der Waals surface area contributed by atoms with Crippen molar-refractivity contribution in [3.05, 3.63) is 39.6 Å². The van der Waals surface area contributed by atoms with Gasteiger partial charge in [0.15, 0.2) is 4.77 Å². The number of ether oxygens (including phenoxy) is 1. The van der Waals surface area contributed by atoms with Gasteiger partial charge in [-0.05, 0) is 24.4 Å². The first kappa shape index (κ1) is 11.4. The van der Waals surface area contributed by atoms with Crippen molar-refractivity contribution in [3.8, 4) is 5.75 Å². The number of aromatic nitrogens is 3. The number of nitrogens with one attached hydrogen (secondary N) is 1. The van der Waals surface area contributed by atoms with E-state index >= 15 is 0 Å². The van der Waals surface area contributed by atoms with Gasteiger partial charge in [-0.25, -0.2) is 4.98 Å². The third kappa shape index (κ3) is 1.83. The van der Waals surface area contributed by atoms with Gasteiger partial charge in [0, 0.05) is 5.38 Å². The fourth-order valence-corrected chi connectivity index (χ4v) is 2.77. The minimum atomic E-state index is 0.676. The van der Waals surface area contributed by atoms with E-state index in [1.807, 2.05) is 33.7 Å². The first-order valence-corrected chi connectivity index (χ1v) is 6.77. The van der Waals surface area contributed by atoms with Crippen molar-refractivity contribution >= 4 is 34.6 Å². The van der Waals surface area contributed by atoms with Gasteiger partial charge in [0.1, 0.15) is 11.3 Å². The smallest absolute Gasteiger partial charge is 0.178 e. The first-order valence-electron chi connectivity index (χ1n) is 5.42. The van der Waals surface area contributed by atoms with Gasteiger partial charge in [0.25, 0.3) is 0 Å². The molecule has 1 aromatic carbocycles. The van der Waals surface area contributed by atoms with Gasteiger partial charge in [0.05, 0.1) is 30.4 Å². The van der Waals surface area contributed by atoms with Crippen LogP contribution >= 0.6 is 23.6 Å². The van der Waals surface area contributed by atoms with Gasteiger partial charge in [-0.2, -0.15) is 0 Å². The molecule has 0 bridgehead atoms. The van der Waals surface area contributed by atoms with Crippen molar-refractivity contribution in [1.82, 2.24) is 14.5 Å². The lowest BCUT2D eigenvalue weighted by atomic mass is 10.3. The number of imidazole rings is 1. The summed E-state index contributed by atoms with van der Waals surface area (Å²) in [6.45, 7) is 0.676. The molecule has 92 valence electrons. The van der Waals surface area contributed by atoms with Crippen LogP contribution in [0.25, 0.3) is 11.0 Å². The van der Waals surface area contributed by atoms with Crippen LogP contribution in [-0.2, 0) is 6.54 Å². The highest BCUT2D eigenvalue weighted by molar-refractivity contribution is 7.71. The van der Waals surface area contributed by atoms with Crippen molar-refractivity contribution in [1.29, 1.82) is 0 Å². The molecule has 0 unspecified atom stereocenters. The number of nitrogens with zero attached hydrogens (tertiary/aromatic N) is 2. The average molecular weight is 277 g/mol. The van der Waals surface area contributed by atoms with Crippen molar-refractivity contribution in [2.75, 3.05) is 7.11 Å². The van der Waals surface area contributed by atoms with E-state index in [0.717, 1.165) is 22.5 Å². The van der Waals surface area contributed by atoms with Crippen LogP contribution in [0.4, 0.5) is 0 Å². The maximum atomic E-state index is 5.36. The van der Waals surface area contributed by atoms with Crippen molar-refractivity contribution in [2.45, 2.75) is 6.54 Å². The van der Waals surface area contributed by atoms with Crippen LogP contribution in [0.5, 0.6) is 5.75 Å². The Balaban J connectivity index is 2.17. The Morgan fingerprint density at radius 1 is 1.50 bits per heavy atom. The van der Waals surface area contributed by atoms with E-state index in [2.05, 4.69) is 9.97 Å². The lowest BCUT2D eigenvalue weighted by Crippen LogP contribution is -1.99. The zero-order valence-corrected chi connectivity index (χ0v) is 11.3. The molecule has 0 fully saturated rings.